The number of hydrazone groups is 1. The molecule has 0 unspecified atom stereocenters. The Balaban J connectivity index is 1.29. The average molecular weight is 642 g/mol. The van der Waals surface area contributed by atoms with Crippen molar-refractivity contribution in [2.24, 2.45) is 5.10 Å². The van der Waals surface area contributed by atoms with Gasteiger partial charge < -0.3 is 10.6 Å². The van der Waals surface area contributed by atoms with Crippen molar-refractivity contribution in [1.29, 1.82) is 0 Å². The number of hydrogen-bond donors (Lipinski definition) is 3. The first-order chi connectivity index (χ1) is 20.4. The number of benzene rings is 4. The first-order valence-electron chi connectivity index (χ1n) is 12.6. The Morgan fingerprint density at radius 3 is 2.24 bits per heavy atom. The molecule has 3 N–H and O–H groups in total. The van der Waals surface area contributed by atoms with E-state index in [9.17, 15) is 14.4 Å². The zero-order chi connectivity index (χ0) is 29.5. The van der Waals surface area contributed by atoms with Crippen LogP contribution in [0.2, 0.25) is 5.02 Å². The van der Waals surface area contributed by atoms with Gasteiger partial charge in [-0.2, -0.15) is 10.2 Å². The molecule has 11 heteroatoms. The summed E-state index contributed by atoms with van der Waals surface area (Å²) in [4.78, 5) is 38.1. The summed E-state index contributed by atoms with van der Waals surface area (Å²) in [6, 6.07) is 30.1. The van der Waals surface area contributed by atoms with Crippen LogP contribution < -0.4 is 16.1 Å². The summed E-state index contributed by atoms with van der Waals surface area (Å²) >= 11 is 9.34. The van der Waals surface area contributed by atoms with Gasteiger partial charge in [0.05, 0.1) is 23.2 Å². The minimum absolute atomic E-state index is 0.162. The Kier molecular flexibility index (Phi) is 8.86. The Labute approximate surface area is 254 Å². The van der Waals surface area contributed by atoms with Crippen LogP contribution in [0.15, 0.2) is 119 Å². The fourth-order valence-electron chi connectivity index (χ4n) is 3.94. The maximum absolute atomic E-state index is 12.8. The van der Waals surface area contributed by atoms with Crippen molar-refractivity contribution in [2.45, 2.75) is 0 Å². The van der Waals surface area contributed by atoms with Gasteiger partial charge in [0.1, 0.15) is 5.69 Å². The lowest BCUT2D eigenvalue weighted by Crippen LogP contribution is -2.33. The fourth-order valence-corrected chi connectivity index (χ4v) is 4.33. The highest BCUT2D eigenvalue weighted by Crippen LogP contribution is 2.24. The molecule has 42 heavy (non-hydrogen) atoms. The van der Waals surface area contributed by atoms with E-state index in [1.807, 2.05) is 54.6 Å². The SMILES string of the molecule is O=C(NN=Cc1cn(-c2ccccc2)nc1-c1ccc(Br)cc1)C(=O)Nc1ccccc1C(=O)Nc1ccc(Cl)cc1. The largest absolute Gasteiger partial charge is 0.329 e. The van der Waals surface area contributed by atoms with Crippen LogP contribution in [0.3, 0.4) is 0 Å². The van der Waals surface area contributed by atoms with E-state index in [4.69, 9.17) is 16.7 Å². The van der Waals surface area contributed by atoms with E-state index in [-0.39, 0.29) is 11.3 Å². The second-order valence-electron chi connectivity index (χ2n) is 8.88. The highest BCUT2D eigenvalue weighted by atomic mass is 79.9. The molecule has 4 aromatic carbocycles. The lowest BCUT2D eigenvalue weighted by molar-refractivity contribution is -0.136. The van der Waals surface area contributed by atoms with Gasteiger partial charge in [-0.1, -0.05) is 70.0 Å². The third kappa shape index (κ3) is 6.98. The zero-order valence-electron chi connectivity index (χ0n) is 21.8. The quantitative estimate of drug-likeness (QED) is 0.110. The van der Waals surface area contributed by atoms with E-state index in [1.54, 1.807) is 47.3 Å². The molecule has 5 aromatic rings. The summed E-state index contributed by atoms with van der Waals surface area (Å²) in [6.07, 6.45) is 3.19. The number of aromatic nitrogens is 2. The fraction of sp³-hybridized carbons (Fsp3) is 0. The van der Waals surface area contributed by atoms with Crippen molar-refractivity contribution in [2.75, 3.05) is 10.6 Å². The lowest BCUT2D eigenvalue weighted by Gasteiger charge is -2.11. The predicted molar refractivity (Wildman–Crippen MR) is 167 cm³/mol. The molecule has 0 saturated carbocycles. The summed E-state index contributed by atoms with van der Waals surface area (Å²) in [5, 5.41) is 14.4. The van der Waals surface area contributed by atoms with Gasteiger partial charge in [0.2, 0.25) is 0 Å². The van der Waals surface area contributed by atoms with Crippen LogP contribution in [0.4, 0.5) is 11.4 Å². The molecule has 0 aliphatic rings. The summed E-state index contributed by atoms with van der Waals surface area (Å²) < 4.78 is 2.63. The molecule has 9 nitrogen and oxygen atoms in total. The molecule has 0 saturated heterocycles. The van der Waals surface area contributed by atoms with Crippen LogP contribution in [0, 0.1) is 0 Å². The molecule has 0 atom stereocenters. The van der Waals surface area contributed by atoms with Gasteiger partial charge in [-0.05, 0) is 60.7 Å². The van der Waals surface area contributed by atoms with Crippen molar-refractivity contribution in [1.82, 2.24) is 15.2 Å². The van der Waals surface area contributed by atoms with Gasteiger partial charge >= 0.3 is 11.8 Å². The van der Waals surface area contributed by atoms with Crippen molar-refractivity contribution < 1.29 is 14.4 Å². The van der Waals surface area contributed by atoms with Crippen molar-refractivity contribution in [3.05, 3.63) is 130 Å². The minimum Gasteiger partial charge on any atom is -0.322 e. The van der Waals surface area contributed by atoms with Gasteiger partial charge in [0, 0.05) is 32.5 Å². The van der Waals surface area contributed by atoms with Crippen molar-refractivity contribution >= 4 is 62.8 Å². The molecule has 0 aliphatic carbocycles. The summed E-state index contributed by atoms with van der Waals surface area (Å²) in [5.74, 6) is -2.48. The number of para-hydroxylation sites is 2. The van der Waals surface area contributed by atoms with E-state index in [0.29, 0.717) is 22.0 Å². The van der Waals surface area contributed by atoms with Crippen LogP contribution in [0.1, 0.15) is 15.9 Å². The number of rotatable bonds is 7. The first-order valence-corrected chi connectivity index (χ1v) is 13.8. The highest BCUT2D eigenvalue weighted by Gasteiger charge is 2.18. The monoisotopic (exact) mass is 640 g/mol. The maximum Gasteiger partial charge on any atom is 0.329 e. The summed E-state index contributed by atoms with van der Waals surface area (Å²) in [6.45, 7) is 0. The molecule has 0 fully saturated rings. The van der Waals surface area contributed by atoms with Crippen molar-refractivity contribution in [3.63, 3.8) is 0 Å². The molecule has 3 amide bonds. The van der Waals surface area contributed by atoms with Gasteiger partial charge in [-0.25, -0.2) is 10.1 Å². The van der Waals surface area contributed by atoms with E-state index in [1.165, 1.54) is 18.3 Å². The number of amides is 3. The van der Waals surface area contributed by atoms with E-state index in [0.717, 1.165) is 15.7 Å². The Morgan fingerprint density at radius 1 is 0.810 bits per heavy atom. The molecular formula is C31H22BrClN6O3. The van der Waals surface area contributed by atoms with Crippen LogP contribution in [-0.4, -0.2) is 33.7 Å². The van der Waals surface area contributed by atoms with Crippen LogP contribution in [-0.2, 0) is 9.59 Å². The summed E-state index contributed by atoms with van der Waals surface area (Å²) in [7, 11) is 0. The number of carbonyl (C=O) groups excluding carboxylic acids is 3. The number of nitrogens with one attached hydrogen (secondary N) is 3. The number of carbonyl (C=O) groups is 3. The Morgan fingerprint density at radius 2 is 1.50 bits per heavy atom. The van der Waals surface area contributed by atoms with E-state index in [2.05, 4.69) is 37.1 Å². The molecule has 5 rings (SSSR count). The third-order valence-corrected chi connectivity index (χ3v) is 6.76. The Bertz CT molecular complexity index is 1770. The maximum atomic E-state index is 12.8. The lowest BCUT2D eigenvalue weighted by atomic mass is 10.1. The molecule has 0 bridgehead atoms. The van der Waals surface area contributed by atoms with Gasteiger partial charge in [0.15, 0.2) is 0 Å². The number of halogens is 2. The first kappa shape index (κ1) is 28.5. The van der Waals surface area contributed by atoms with Crippen molar-refractivity contribution in [3.8, 4) is 16.9 Å². The summed E-state index contributed by atoms with van der Waals surface area (Å²) in [5.41, 5.74) is 6.03. The normalized spacial score (nSPS) is 10.8. The predicted octanol–water partition coefficient (Wildman–Crippen LogP) is 6.30. The number of hydrogen-bond acceptors (Lipinski definition) is 5. The second kappa shape index (κ2) is 13.1. The standard InChI is InChI=1S/C31H22BrClN6O3/c32-22-12-10-20(11-13-22)28-21(19-39(38-28)25-6-2-1-3-7-25)18-34-37-31(42)30(41)36-27-9-5-4-8-26(27)29(40)35-24-16-14-23(33)15-17-24/h1-19H,(H,35,40)(H,36,41)(H,37,42). The molecule has 1 heterocycles. The Hall–Kier alpha value is -5.06. The molecule has 0 aliphatic heterocycles. The van der Waals surface area contributed by atoms with Crippen LogP contribution in [0.25, 0.3) is 16.9 Å². The smallest absolute Gasteiger partial charge is 0.322 e. The third-order valence-electron chi connectivity index (χ3n) is 5.98. The molecule has 0 radical (unpaired) electrons. The second-order valence-corrected chi connectivity index (χ2v) is 10.2. The average Bonchev–Trinajstić information content (AvgIpc) is 3.43. The zero-order valence-corrected chi connectivity index (χ0v) is 24.1. The molecule has 1 aromatic heterocycles. The van der Waals surface area contributed by atoms with Gasteiger partial charge in [-0.15, -0.1) is 0 Å². The number of anilines is 2. The van der Waals surface area contributed by atoms with Gasteiger partial charge in [0.25, 0.3) is 5.91 Å². The highest BCUT2D eigenvalue weighted by molar-refractivity contribution is 9.10. The molecule has 0 spiro atoms. The van der Waals surface area contributed by atoms with Crippen LogP contribution in [0.5, 0.6) is 0 Å². The minimum atomic E-state index is -1.01. The molecule has 208 valence electrons. The van der Waals surface area contributed by atoms with Gasteiger partial charge in [-0.3, -0.25) is 14.4 Å². The number of nitrogens with zero attached hydrogens (tertiary/aromatic N) is 3. The molecular weight excluding hydrogens is 620 g/mol. The van der Waals surface area contributed by atoms with Crippen LogP contribution >= 0.6 is 27.5 Å². The topological polar surface area (TPSA) is 117 Å². The van der Waals surface area contributed by atoms with E-state index >= 15 is 0 Å². The van der Waals surface area contributed by atoms with E-state index < -0.39 is 17.7 Å².